The molecule has 2 N–H and O–H groups in total. The van der Waals surface area contributed by atoms with Gasteiger partial charge in [-0.1, -0.05) is 36.2 Å². The first-order valence-electron chi connectivity index (χ1n) is 7.65. The Hall–Kier alpha value is -0.900. The maximum atomic E-state index is 6.06. The third kappa shape index (κ3) is 5.23. The molecule has 0 radical (unpaired) electrons. The van der Waals surface area contributed by atoms with Gasteiger partial charge in [-0.2, -0.15) is 0 Å². The second-order valence-electron chi connectivity index (χ2n) is 5.96. The van der Waals surface area contributed by atoms with Crippen LogP contribution >= 0.6 is 0 Å². The van der Waals surface area contributed by atoms with E-state index in [4.69, 9.17) is 5.73 Å². The van der Waals surface area contributed by atoms with Crippen molar-refractivity contribution in [1.29, 1.82) is 0 Å². The summed E-state index contributed by atoms with van der Waals surface area (Å²) in [4.78, 5) is 4.74. The number of aryl methyl sites for hydroxylation is 2. The minimum absolute atomic E-state index is 0.334. The second-order valence-corrected chi connectivity index (χ2v) is 5.96. The molecular weight excluding hydrogens is 246 g/mol. The second kappa shape index (κ2) is 8.40. The van der Waals surface area contributed by atoms with E-state index in [0.29, 0.717) is 12.6 Å². The monoisotopic (exact) mass is 277 g/mol. The Balaban J connectivity index is 2.80. The zero-order chi connectivity index (χ0) is 15.1. The van der Waals surface area contributed by atoms with E-state index in [0.717, 1.165) is 19.6 Å². The molecular formula is C17H31N3. The highest BCUT2D eigenvalue weighted by Crippen LogP contribution is 2.22. The smallest absolute Gasteiger partial charge is 0.0470 e. The van der Waals surface area contributed by atoms with Crippen LogP contribution in [0.15, 0.2) is 18.2 Å². The summed E-state index contributed by atoms with van der Waals surface area (Å²) in [5, 5.41) is 0. The van der Waals surface area contributed by atoms with Gasteiger partial charge in [0.15, 0.2) is 0 Å². The normalized spacial score (nSPS) is 13.2. The van der Waals surface area contributed by atoms with E-state index in [2.05, 4.69) is 62.9 Å². The number of nitrogens with zero attached hydrogens (tertiary/aromatic N) is 2. The molecule has 1 rings (SSSR count). The highest BCUT2D eigenvalue weighted by Gasteiger charge is 2.17. The summed E-state index contributed by atoms with van der Waals surface area (Å²) in [6.07, 6.45) is 1.18. The summed E-state index contributed by atoms with van der Waals surface area (Å²) in [5.74, 6) is 0. The Morgan fingerprint density at radius 2 is 1.65 bits per heavy atom. The predicted molar refractivity (Wildman–Crippen MR) is 88.1 cm³/mol. The Labute approximate surface area is 124 Å². The van der Waals surface area contributed by atoms with Crippen LogP contribution in [-0.4, -0.2) is 50.1 Å². The lowest BCUT2D eigenvalue weighted by Gasteiger charge is -2.31. The minimum atomic E-state index is 0.334. The average molecular weight is 277 g/mol. The molecule has 0 saturated carbocycles. The van der Waals surface area contributed by atoms with Gasteiger partial charge in [0.05, 0.1) is 0 Å². The van der Waals surface area contributed by atoms with Gasteiger partial charge >= 0.3 is 0 Å². The molecule has 20 heavy (non-hydrogen) atoms. The molecule has 0 aromatic heterocycles. The molecule has 0 aliphatic rings. The molecule has 1 unspecified atom stereocenters. The van der Waals surface area contributed by atoms with Gasteiger partial charge in [-0.15, -0.1) is 0 Å². The van der Waals surface area contributed by atoms with Crippen molar-refractivity contribution in [2.75, 3.05) is 40.3 Å². The van der Waals surface area contributed by atoms with Crippen molar-refractivity contribution in [1.82, 2.24) is 9.80 Å². The first-order chi connectivity index (χ1) is 9.47. The lowest BCUT2D eigenvalue weighted by molar-refractivity contribution is 0.201. The van der Waals surface area contributed by atoms with Crippen LogP contribution in [-0.2, 0) is 0 Å². The summed E-state index contributed by atoms with van der Waals surface area (Å²) in [7, 11) is 4.25. The first-order valence-corrected chi connectivity index (χ1v) is 7.65. The van der Waals surface area contributed by atoms with E-state index < -0.39 is 0 Å². The Morgan fingerprint density at radius 3 is 2.10 bits per heavy atom. The predicted octanol–water partition coefficient (Wildman–Crippen LogP) is 2.58. The van der Waals surface area contributed by atoms with Crippen LogP contribution < -0.4 is 5.73 Å². The van der Waals surface area contributed by atoms with Crippen LogP contribution in [0.4, 0.5) is 0 Å². The van der Waals surface area contributed by atoms with Crippen molar-refractivity contribution in [3.05, 3.63) is 34.9 Å². The number of benzene rings is 1. The lowest BCUT2D eigenvalue weighted by Crippen LogP contribution is -2.35. The molecule has 114 valence electrons. The molecule has 1 aromatic rings. The Morgan fingerprint density at radius 1 is 1.05 bits per heavy atom. The summed E-state index contributed by atoms with van der Waals surface area (Å²) in [6, 6.07) is 7.11. The molecule has 0 aliphatic heterocycles. The maximum absolute atomic E-state index is 6.06. The molecule has 1 atom stereocenters. The van der Waals surface area contributed by atoms with Crippen LogP contribution in [0.25, 0.3) is 0 Å². The van der Waals surface area contributed by atoms with Crippen molar-refractivity contribution in [2.24, 2.45) is 5.73 Å². The zero-order valence-corrected chi connectivity index (χ0v) is 13.8. The largest absolute Gasteiger partial charge is 0.329 e. The lowest BCUT2D eigenvalue weighted by atomic mass is 10.00. The van der Waals surface area contributed by atoms with Crippen LogP contribution in [0.2, 0.25) is 0 Å². The van der Waals surface area contributed by atoms with Crippen molar-refractivity contribution in [3.63, 3.8) is 0 Å². The van der Waals surface area contributed by atoms with Gasteiger partial charge in [0.25, 0.3) is 0 Å². The molecule has 0 bridgehead atoms. The highest BCUT2D eigenvalue weighted by atomic mass is 15.2. The molecule has 0 heterocycles. The van der Waals surface area contributed by atoms with Gasteiger partial charge < -0.3 is 10.6 Å². The fraction of sp³-hybridized carbons (Fsp3) is 0.647. The maximum Gasteiger partial charge on any atom is 0.0470 e. The van der Waals surface area contributed by atoms with Crippen LogP contribution in [0, 0.1) is 13.8 Å². The van der Waals surface area contributed by atoms with Crippen LogP contribution in [0.5, 0.6) is 0 Å². The summed E-state index contributed by atoms with van der Waals surface area (Å²) < 4.78 is 0. The summed E-state index contributed by atoms with van der Waals surface area (Å²) in [5.41, 5.74) is 10.1. The fourth-order valence-electron chi connectivity index (χ4n) is 2.82. The molecule has 3 heteroatoms. The standard InChI is InChI=1S/C17H31N3/c1-6-20(9-7-8-19(4)5)17(13-18)16-11-14(2)10-15(3)12-16/h10-12,17H,6-9,13,18H2,1-5H3. The van der Waals surface area contributed by atoms with E-state index in [1.54, 1.807) is 0 Å². The van der Waals surface area contributed by atoms with Crippen molar-refractivity contribution < 1.29 is 0 Å². The highest BCUT2D eigenvalue weighted by molar-refractivity contribution is 5.31. The Kier molecular flexibility index (Phi) is 7.20. The molecule has 3 nitrogen and oxygen atoms in total. The topological polar surface area (TPSA) is 32.5 Å². The first kappa shape index (κ1) is 17.2. The van der Waals surface area contributed by atoms with E-state index in [9.17, 15) is 0 Å². The third-order valence-corrected chi connectivity index (χ3v) is 3.75. The van der Waals surface area contributed by atoms with Crippen molar-refractivity contribution >= 4 is 0 Å². The van der Waals surface area contributed by atoms with Gasteiger partial charge in [-0.25, -0.2) is 0 Å². The van der Waals surface area contributed by atoms with Gasteiger partial charge in [0.1, 0.15) is 0 Å². The summed E-state index contributed by atoms with van der Waals surface area (Å²) >= 11 is 0. The van der Waals surface area contributed by atoms with Crippen molar-refractivity contribution in [3.8, 4) is 0 Å². The number of likely N-dealkylation sites (N-methyl/N-ethyl adjacent to an activating group) is 1. The van der Waals surface area contributed by atoms with Gasteiger partial charge in [0.2, 0.25) is 0 Å². The van der Waals surface area contributed by atoms with Crippen LogP contribution in [0.1, 0.15) is 36.1 Å². The average Bonchev–Trinajstić information content (AvgIpc) is 2.36. The molecule has 0 spiro atoms. The number of nitrogens with two attached hydrogens (primary N) is 1. The Bertz CT molecular complexity index is 381. The fourth-order valence-corrected chi connectivity index (χ4v) is 2.82. The number of hydrogen-bond donors (Lipinski definition) is 1. The van der Waals surface area contributed by atoms with Crippen molar-refractivity contribution in [2.45, 2.75) is 33.2 Å². The van der Waals surface area contributed by atoms with E-state index >= 15 is 0 Å². The van der Waals surface area contributed by atoms with E-state index in [1.165, 1.54) is 23.1 Å². The summed E-state index contributed by atoms with van der Waals surface area (Å²) in [6.45, 7) is 10.5. The molecule has 1 aromatic carbocycles. The molecule has 0 aliphatic carbocycles. The molecule has 0 fully saturated rings. The van der Waals surface area contributed by atoms with E-state index in [-0.39, 0.29) is 0 Å². The third-order valence-electron chi connectivity index (χ3n) is 3.75. The zero-order valence-electron chi connectivity index (χ0n) is 13.8. The van der Waals surface area contributed by atoms with Gasteiger partial charge in [-0.3, -0.25) is 4.90 Å². The SMILES string of the molecule is CCN(CCCN(C)C)C(CN)c1cc(C)cc(C)c1. The quantitative estimate of drug-likeness (QED) is 0.793. The molecule has 0 saturated heterocycles. The van der Waals surface area contributed by atoms with Gasteiger partial charge in [0, 0.05) is 19.1 Å². The number of rotatable bonds is 8. The van der Waals surface area contributed by atoms with E-state index in [1.807, 2.05) is 0 Å². The number of hydrogen-bond acceptors (Lipinski definition) is 3. The van der Waals surface area contributed by atoms with Crippen LogP contribution in [0.3, 0.4) is 0 Å². The minimum Gasteiger partial charge on any atom is -0.329 e. The van der Waals surface area contributed by atoms with Gasteiger partial charge in [-0.05, 0) is 53.0 Å². The molecule has 0 amide bonds.